The highest BCUT2D eigenvalue weighted by Gasteiger charge is 2.10. The van der Waals surface area contributed by atoms with Crippen molar-refractivity contribution in [2.75, 3.05) is 5.32 Å². The van der Waals surface area contributed by atoms with Gasteiger partial charge >= 0.3 is 5.97 Å². The third-order valence-corrected chi connectivity index (χ3v) is 2.45. The van der Waals surface area contributed by atoms with E-state index in [2.05, 4.69) is 21.2 Å². The van der Waals surface area contributed by atoms with Gasteiger partial charge in [0.05, 0.1) is 10.6 Å². The highest BCUT2D eigenvalue weighted by Crippen LogP contribution is 2.26. The molecule has 0 unspecified atom stereocenters. The molecular formula is C10H7BrN2O5. The quantitative estimate of drug-likeness (QED) is 0.501. The predicted molar refractivity (Wildman–Crippen MR) is 66.2 cm³/mol. The van der Waals surface area contributed by atoms with Gasteiger partial charge in [0.15, 0.2) is 0 Å². The summed E-state index contributed by atoms with van der Waals surface area (Å²) >= 11 is 3.06. The van der Waals surface area contributed by atoms with Crippen molar-refractivity contribution >= 4 is 39.2 Å². The molecule has 0 spiro atoms. The lowest BCUT2D eigenvalue weighted by Gasteiger charge is -2.04. The maximum atomic E-state index is 11.3. The smallest absolute Gasteiger partial charge is 0.328 e. The number of nitrogens with zero attached hydrogens (tertiary/aromatic N) is 1. The molecule has 1 rings (SSSR count). The molecule has 0 heterocycles. The van der Waals surface area contributed by atoms with E-state index in [-0.39, 0.29) is 5.69 Å². The summed E-state index contributed by atoms with van der Waals surface area (Å²) in [6, 6.07) is 3.80. The fourth-order valence-corrected chi connectivity index (χ4v) is 1.51. The number of nitrogens with one attached hydrogen (secondary N) is 1. The second-order valence-corrected chi connectivity index (χ2v) is 3.94. The Morgan fingerprint density at radius 3 is 2.56 bits per heavy atom. The highest BCUT2D eigenvalue weighted by molar-refractivity contribution is 9.10. The van der Waals surface area contributed by atoms with Crippen LogP contribution in [-0.4, -0.2) is 21.9 Å². The van der Waals surface area contributed by atoms with Gasteiger partial charge < -0.3 is 10.4 Å². The number of anilines is 1. The zero-order chi connectivity index (χ0) is 13.7. The molecule has 0 saturated carbocycles. The fourth-order valence-electron chi connectivity index (χ4n) is 1.04. The van der Waals surface area contributed by atoms with Crippen LogP contribution in [0.3, 0.4) is 0 Å². The van der Waals surface area contributed by atoms with Gasteiger partial charge in [0.2, 0.25) is 5.91 Å². The third kappa shape index (κ3) is 3.98. The van der Waals surface area contributed by atoms with Gasteiger partial charge in [-0.25, -0.2) is 4.79 Å². The van der Waals surface area contributed by atoms with Gasteiger partial charge in [0.25, 0.3) is 5.69 Å². The van der Waals surface area contributed by atoms with Crippen LogP contribution in [0.4, 0.5) is 11.4 Å². The number of nitro benzene ring substituents is 1. The maximum Gasteiger partial charge on any atom is 0.328 e. The van der Waals surface area contributed by atoms with E-state index in [9.17, 15) is 19.7 Å². The Morgan fingerprint density at radius 1 is 1.39 bits per heavy atom. The summed E-state index contributed by atoms with van der Waals surface area (Å²) in [5.74, 6) is -1.89. The molecular weight excluding hydrogens is 308 g/mol. The van der Waals surface area contributed by atoms with E-state index in [4.69, 9.17) is 5.11 Å². The minimum absolute atomic E-state index is 0.124. The molecule has 0 fully saturated rings. The van der Waals surface area contributed by atoms with Gasteiger partial charge in [-0.05, 0) is 22.0 Å². The van der Waals surface area contributed by atoms with Crippen molar-refractivity contribution in [2.24, 2.45) is 0 Å². The number of rotatable bonds is 4. The van der Waals surface area contributed by atoms with Crippen LogP contribution in [-0.2, 0) is 9.59 Å². The standard InChI is InChI=1S/C10H7BrN2O5/c11-7-5-6(13(17)18)1-2-8(7)12-9(14)3-4-10(15)16/h1-5H,(H,12,14)(H,15,16)/b4-3-. The van der Waals surface area contributed by atoms with E-state index in [1.54, 1.807) is 0 Å². The number of carboxylic acids is 1. The van der Waals surface area contributed by atoms with Gasteiger partial charge in [-0.2, -0.15) is 0 Å². The first kappa shape index (κ1) is 13.8. The Hall–Kier alpha value is -2.22. The predicted octanol–water partition coefficient (Wildman–Crippen LogP) is 1.94. The Bertz CT molecular complexity index is 541. The van der Waals surface area contributed by atoms with Crippen molar-refractivity contribution in [2.45, 2.75) is 0 Å². The minimum atomic E-state index is -1.24. The molecule has 1 aromatic rings. The third-order valence-electron chi connectivity index (χ3n) is 1.80. The van der Waals surface area contributed by atoms with Crippen LogP contribution in [0.25, 0.3) is 0 Å². The van der Waals surface area contributed by atoms with Gasteiger partial charge in [-0.3, -0.25) is 14.9 Å². The minimum Gasteiger partial charge on any atom is -0.478 e. The molecule has 0 atom stereocenters. The topological polar surface area (TPSA) is 110 Å². The molecule has 18 heavy (non-hydrogen) atoms. The first-order valence-corrected chi connectivity index (χ1v) is 5.35. The Balaban J connectivity index is 2.83. The van der Waals surface area contributed by atoms with E-state index in [0.717, 1.165) is 6.08 Å². The maximum absolute atomic E-state index is 11.3. The number of nitro groups is 1. The number of carboxylic acid groups (broad SMARTS) is 1. The van der Waals surface area contributed by atoms with E-state index < -0.39 is 16.8 Å². The number of non-ortho nitro benzene ring substituents is 1. The molecule has 8 heteroatoms. The summed E-state index contributed by atoms with van der Waals surface area (Å²) < 4.78 is 0.328. The van der Waals surface area contributed by atoms with E-state index >= 15 is 0 Å². The molecule has 0 aliphatic heterocycles. The average Bonchev–Trinajstić information content (AvgIpc) is 2.29. The molecule has 0 aliphatic rings. The summed E-state index contributed by atoms with van der Waals surface area (Å²) in [6.45, 7) is 0. The van der Waals surface area contributed by atoms with Gasteiger partial charge in [-0.15, -0.1) is 0 Å². The SMILES string of the molecule is O=C(O)/C=C\C(=O)Nc1ccc([N+](=O)[O-])cc1Br. The van der Waals surface area contributed by atoms with Crippen LogP contribution >= 0.6 is 15.9 Å². The Kier molecular flexibility index (Phi) is 4.55. The monoisotopic (exact) mass is 314 g/mol. The van der Waals surface area contributed by atoms with Crippen molar-refractivity contribution in [3.8, 4) is 0 Å². The van der Waals surface area contributed by atoms with E-state index in [1.807, 2.05) is 0 Å². The Morgan fingerprint density at radius 2 is 2.06 bits per heavy atom. The number of aliphatic carboxylic acids is 1. The van der Waals surface area contributed by atoms with Crippen molar-refractivity contribution in [1.82, 2.24) is 0 Å². The second-order valence-electron chi connectivity index (χ2n) is 3.08. The molecule has 1 aromatic carbocycles. The molecule has 0 saturated heterocycles. The summed E-state index contributed by atoms with van der Waals surface area (Å²) in [7, 11) is 0. The van der Waals surface area contributed by atoms with Crippen LogP contribution < -0.4 is 5.32 Å². The van der Waals surface area contributed by atoms with Gasteiger partial charge in [0, 0.05) is 28.8 Å². The summed E-state index contributed by atoms with van der Waals surface area (Å²) in [5, 5.41) is 21.2. The molecule has 1 amide bonds. The lowest BCUT2D eigenvalue weighted by molar-refractivity contribution is -0.384. The highest BCUT2D eigenvalue weighted by atomic mass is 79.9. The molecule has 2 N–H and O–H groups in total. The number of hydrogen-bond acceptors (Lipinski definition) is 4. The van der Waals surface area contributed by atoms with Crippen molar-refractivity contribution in [3.63, 3.8) is 0 Å². The van der Waals surface area contributed by atoms with Crippen LogP contribution in [0.5, 0.6) is 0 Å². The fraction of sp³-hybridized carbons (Fsp3) is 0. The zero-order valence-corrected chi connectivity index (χ0v) is 10.4. The lowest BCUT2D eigenvalue weighted by atomic mass is 10.3. The second kappa shape index (κ2) is 5.92. The van der Waals surface area contributed by atoms with Crippen LogP contribution in [0, 0.1) is 10.1 Å². The van der Waals surface area contributed by atoms with Crippen molar-refractivity contribution in [3.05, 3.63) is 44.9 Å². The van der Waals surface area contributed by atoms with Crippen LogP contribution in [0.2, 0.25) is 0 Å². The first-order chi connectivity index (χ1) is 8.40. The molecule has 7 nitrogen and oxygen atoms in total. The van der Waals surface area contributed by atoms with Crippen LogP contribution in [0.1, 0.15) is 0 Å². The summed E-state index contributed by atoms with van der Waals surface area (Å²) in [6.07, 6.45) is 1.53. The molecule has 0 bridgehead atoms. The van der Waals surface area contributed by atoms with Crippen molar-refractivity contribution < 1.29 is 19.6 Å². The zero-order valence-electron chi connectivity index (χ0n) is 8.79. The molecule has 0 aliphatic carbocycles. The summed E-state index contributed by atoms with van der Waals surface area (Å²) in [5.41, 5.74) is 0.182. The van der Waals surface area contributed by atoms with Crippen molar-refractivity contribution in [1.29, 1.82) is 0 Å². The normalized spacial score (nSPS) is 10.3. The molecule has 0 aromatic heterocycles. The number of carbonyl (C=O) groups is 2. The average molecular weight is 315 g/mol. The molecule has 0 radical (unpaired) electrons. The molecule has 94 valence electrons. The summed E-state index contributed by atoms with van der Waals surface area (Å²) in [4.78, 5) is 31.4. The number of halogens is 1. The van der Waals surface area contributed by atoms with Gasteiger partial charge in [-0.1, -0.05) is 0 Å². The number of amides is 1. The lowest BCUT2D eigenvalue weighted by Crippen LogP contribution is -2.09. The number of hydrogen-bond donors (Lipinski definition) is 2. The van der Waals surface area contributed by atoms with E-state index in [1.165, 1.54) is 18.2 Å². The van der Waals surface area contributed by atoms with Gasteiger partial charge in [0.1, 0.15) is 0 Å². The largest absolute Gasteiger partial charge is 0.478 e. The van der Waals surface area contributed by atoms with Crippen LogP contribution in [0.15, 0.2) is 34.8 Å². The Labute approximate surface area is 109 Å². The first-order valence-electron chi connectivity index (χ1n) is 4.56. The number of benzene rings is 1. The van der Waals surface area contributed by atoms with E-state index in [0.29, 0.717) is 16.2 Å². The number of carbonyl (C=O) groups excluding carboxylic acids is 1.